The number of sulfone groups is 1. The van der Waals surface area contributed by atoms with Crippen molar-refractivity contribution in [2.45, 2.75) is 23.8 Å². The van der Waals surface area contributed by atoms with E-state index in [9.17, 15) is 8.42 Å². The fourth-order valence-corrected chi connectivity index (χ4v) is 4.75. The fraction of sp³-hybridized carbons (Fsp3) is 0.333. The van der Waals surface area contributed by atoms with Gasteiger partial charge < -0.3 is 0 Å². The first-order valence-electron chi connectivity index (χ1n) is 7.74. The molecule has 0 heterocycles. The molecule has 0 saturated heterocycles. The lowest BCUT2D eigenvalue weighted by Gasteiger charge is -2.25. The van der Waals surface area contributed by atoms with Gasteiger partial charge in [-0.05, 0) is 55.3 Å². The summed E-state index contributed by atoms with van der Waals surface area (Å²) in [5.41, 5.74) is 2.73. The van der Waals surface area contributed by atoms with Gasteiger partial charge in [-0.25, -0.2) is 8.42 Å². The van der Waals surface area contributed by atoms with Crippen LogP contribution in [0.2, 0.25) is 0 Å². The molecule has 3 nitrogen and oxygen atoms in total. The van der Waals surface area contributed by atoms with E-state index in [2.05, 4.69) is 45.1 Å². The van der Waals surface area contributed by atoms with E-state index in [1.165, 1.54) is 11.1 Å². The van der Waals surface area contributed by atoms with Crippen LogP contribution in [0.15, 0.2) is 57.9 Å². The molecule has 0 bridgehead atoms. The predicted molar refractivity (Wildman–Crippen MR) is 96.3 cm³/mol. The third kappa shape index (κ3) is 3.67. The standard InChI is InChI=1S/C18H20BrNO2S/c1-20(18-11-6-14-4-2-3-5-17(14)18)12-13-23(21,22)16-9-7-15(19)8-10-16/h2-5,7-10,18H,6,11-13H2,1H3. The molecule has 0 aliphatic heterocycles. The maximum absolute atomic E-state index is 12.5. The molecule has 2 aromatic rings. The Morgan fingerprint density at radius 3 is 2.57 bits per heavy atom. The topological polar surface area (TPSA) is 37.4 Å². The number of benzene rings is 2. The van der Waals surface area contributed by atoms with Crippen molar-refractivity contribution in [2.75, 3.05) is 19.3 Å². The fourth-order valence-electron chi connectivity index (χ4n) is 3.17. The van der Waals surface area contributed by atoms with Crippen molar-refractivity contribution in [3.8, 4) is 0 Å². The third-order valence-electron chi connectivity index (χ3n) is 4.52. The zero-order chi connectivity index (χ0) is 16.4. The minimum atomic E-state index is -3.24. The van der Waals surface area contributed by atoms with E-state index in [1.54, 1.807) is 24.3 Å². The summed E-state index contributed by atoms with van der Waals surface area (Å²) < 4.78 is 25.8. The van der Waals surface area contributed by atoms with Gasteiger partial charge in [0, 0.05) is 17.1 Å². The van der Waals surface area contributed by atoms with Crippen LogP contribution in [0, 0.1) is 0 Å². The Hall–Kier alpha value is -1.17. The van der Waals surface area contributed by atoms with Gasteiger partial charge in [0.15, 0.2) is 9.84 Å². The number of halogens is 1. The van der Waals surface area contributed by atoms with Crippen LogP contribution in [-0.2, 0) is 16.3 Å². The van der Waals surface area contributed by atoms with E-state index < -0.39 is 9.84 Å². The summed E-state index contributed by atoms with van der Waals surface area (Å²) >= 11 is 3.33. The third-order valence-corrected chi connectivity index (χ3v) is 6.76. The molecule has 1 aliphatic carbocycles. The summed E-state index contributed by atoms with van der Waals surface area (Å²) in [5, 5.41) is 0. The normalized spacial score (nSPS) is 17.4. The van der Waals surface area contributed by atoms with E-state index >= 15 is 0 Å². The van der Waals surface area contributed by atoms with Crippen molar-refractivity contribution in [3.05, 3.63) is 64.1 Å². The van der Waals surface area contributed by atoms with Crippen molar-refractivity contribution in [3.63, 3.8) is 0 Å². The van der Waals surface area contributed by atoms with Gasteiger partial charge in [0.2, 0.25) is 0 Å². The number of aryl methyl sites for hydroxylation is 1. The van der Waals surface area contributed by atoms with Crippen molar-refractivity contribution in [1.82, 2.24) is 4.90 Å². The molecule has 0 fully saturated rings. The Morgan fingerprint density at radius 2 is 1.83 bits per heavy atom. The first kappa shape index (κ1) is 16.7. The Morgan fingerprint density at radius 1 is 1.13 bits per heavy atom. The van der Waals surface area contributed by atoms with Crippen LogP contribution in [0.4, 0.5) is 0 Å². The summed E-state index contributed by atoms with van der Waals surface area (Å²) in [4.78, 5) is 2.56. The maximum atomic E-state index is 12.5. The summed E-state index contributed by atoms with van der Waals surface area (Å²) in [6, 6.07) is 15.6. The van der Waals surface area contributed by atoms with E-state index in [0.29, 0.717) is 17.5 Å². The van der Waals surface area contributed by atoms with E-state index in [-0.39, 0.29) is 5.75 Å². The molecule has 1 unspecified atom stereocenters. The summed E-state index contributed by atoms with van der Waals surface area (Å²) in [6.07, 6.45) is 2.14. The monoisotopic (exact) mass is 393 g/mol. The van der Waals surface area contributed by atoms with Gasteiger partial charge in [-0.3, -0.25) is 4.90 Å². The SMILES string of the molecule is CN(CCS(=O)(=O)c1ccc(Br)cc1)C1CCc2ccccc21. The van der Waals surface area contributed by atoms with Crippen LogP contribution in [0.25, 0.3) is 0 Å². The second kappa shape index (κ2) is 6.75. The first-order valence-corrected chi connectivity index (χ1v) is 10.2. The molecule has 1 aliphatic rings. The van der Waals surface area contributed by atoms with E-state index in [4.69, 9.17) is 0 Å². The highest BCUT2D eigenvalue weighted by atomic mass is 79.9. The molecule has 2 aromatic carbocycles. The molecule has 1 atom stereocenters. The summed E-state index contributed by atoms with van der Waals surface area (Å²) in [5.74, 6) is 0.143. The first-order chi connectivity index (χ1) is 11.0. The number of nitrogens with zero attached hydrogens (tertiary/aromatic N) is 1. The highest BCUT2D eigenvalue weighted by Crippen LogP contribution is 2.34. The Balaban J connectivity index is 1.67. The van der Waals surface area contributed by atoms with Crippen LogP contribution < -0.4 is 0 Å². The second-order valence-electron chi connectivity index (χ2n) is 6.01. The average Bonchev–Trinajstić information content (AvgIpc) is 2.97. The van der Waals surface area contributed by atoms with Crippen LogP contribution in [0.3, 0.4) is 0 Å². The molecule has 0 amide bonds. The smallest absolute Gasteiger partial charge is 0.179 e. The van der Waals surface area contributed by atoms with Crippen LogP contribution >= 0.6 is 15.9 Å². The Bertz CT molecular complexity index is 787. The molecule has 122 valence electrons. The highest BCUT2D eigenvalue weighted by Gasteiger charge is 2.26. The van der Waals surface area contributed by atoms with Gasteiger partial charge in [-0.1, -0.05) is 40.2 Å². The number of hydrogen-bond acceptors (Lipinski definition) is 3. The highest BCUT2D eigenvalue weighted by molar-refractivity contribution is 9.10. The van der Waals surface area contributed by atoms with Gasteiger partial charge >= 0.3 is 0 Å². The van der Waals surface area contributed by atoms with Crippen LogP contribution in [0.1, 0.15) is 23.6 Å². The Kier molecular flexibility index (Phi) is 4.90. The summed E-state index contributed by atoms with van der Waals surface area (Å²) in [6.45, 7) is 0.539. The van der Waals surface area contributed by atoms with Gasteiger partial charge in [-0.15, -0.1) is 0 Å². The lowest BCUT2D eigenvalue weighted by Crippen LogP contribution is -2.28. The minimum Gasteiger partial charge on any atom is -0.298 e. The molecular weight excluding hydrogens is 374 g/mol. The molecule has 0 spiro atoms. The lowest BCUT2D eigenvalue weighted by atomic mass is 10.1. The molecule has 3 rings (SSSR count). The molecular formula is C18H20BrNO2S. The lowest BCUT2D eigenvalue weighted by molar-refractivity contribution is 0.258. The van der Waals surface area contributed by atoms with Gasteiger partial charge in [0.25, 0.3) is 0 Å². The van der Waals surface area contributed by atoms with Crippen molar-refractivity contribution in [1.29, 1.82) is 0 Å². The van der Waals surface area contributed by atoms with Crippen LogP contribution in [-0.4, -0.2) is 32.7 Å². The molecule has 0 saturated carbocycles. The van der Waals surface area contributed by atoms with Crippen molar-refractivity contribution < 1.29 is 8.42 Å². The summed E-state index contributed by atoms with van der Waals surface area (Å²) in [7, 11) is -1.22. The zero-order valence-corrected chi connectivity index (χ0v) is 15.5. The maximum Gasteiger partial charge on any atom is 0.179 e. The van der Waals surface area contributed by atoms with Crippen molar-refractivity contribution >= 4 is 25.8 Å². The number of rotatable bonds is 5. The van der Waals surface area contributed by atoms with Gasteiger partial charge in [0.05, 0.1) is 10.6 Å². The minimum absolute atomic E-state index is 0.143. The van der Waals surface area contributed by atoms with Gasteiger partial charge in [0.1, 0.15) is 0 Å². The molecule has 23 heavy (non-hydrogen) atoms. The molecule has 0 radical (unpaired) electrons. The average molecular weight is 394 g/mol. The number of fused-ring (bicyclic) bond motifs is 1. The van der Waals surface area contributed by atoms with E-state index in [0.717, 1.165) is 17.3 Å². The predicted octanol–water partition coefficient (Wildman–Crippen LogP) is 3.84. The largest absolute Gasteiger partial charge is 0.298 e. The van der Waals surface area contributed by atoms with Gasteiger partial charge in [-0.2, -0.15) is 0 Å². The quantitative estimate of drug-likeness (QED) is 0.773. The second-order valence-corrected chi connectivity index (χ2v) is 9.03. The zero-order valence-electron chi connectivity index (χ0n) is 13.1. The molecule has 0 aromatic heterocycles. The number of hydrogen-bond donors (Lipinski definition) is 0. The Labute approximate surface area is 146 Å². The van der Waals surface area contributed by atoms with Crippen molar-refractivity contribution in [2.24, 2.45) is 0 Å². The van der Waals surface area contributed by atoms with Crippen LogP contribution in [0.5, 0.6) is 0 Å². The van der Waals surface area contributed by atoms with E-state index in [1.807, 2.05) is 7.05 Å². The molecule has 5 heteroatoms. The molecule has 0 N–H and O–H groups in total.